The molecule has 17 nitrogen and oxygen atoms in total. The number of likely N-dealkylation sites (N-methyl/N-ethyl adjacent to an activating group) is 1. The lowest BCUT2D eigenvalue weighted by molar-refractivity contribution is -0.118. The molecule has 5 aromatic heterocycles. The molecule has 14 N–H and O–H groups in total. The number of carbonyl (C=O) groups is 2. The van der Waals surface area contributed by atoms with Crippen LogP contribution in [-0.4, -0.2) is 70.8 Å². The second-order valence-corrected chi connectivity index (χ2v) is 27.4. The zero-order chi connectivity index (χ0) is 73.3. The van der Waals surface area contributed by atoms with Gasteiger partial charge in [0.25, 0.3) is 0 Å². The Balaban J connectivity index is 0.000000131. The van der Waals surface area contributed by atoms with Crippen LogP contribution in [-0.2, 0) is 9.59 Å². The SMILES string of the molecule is CN[C@@H](C(=O)Nc1ccc2ccncc2c1)c1ccccc1.N[C@@H](C(=O)Nc1ccc2ccncc2c1)c1ccccc1.N[C@@H](C(=S)Nc1ccc2ccncc2c1)C1CCCC1.N[C@@H](C(=S)Nc1ccc2ccncc2c1)C1CCCCC1.N[C@H](C(=S)Nc1ccc2ccncc2c1)c1ccccc1. The molecule has 15 rings (SSSR count). The monoisotopic (exact) mass is 1450 g/mol. The van der Waals surface area contributed by atoms with Crippen molar-refractivity contribution >= 4 is 146 Å². The number of pyridine rings is 5. The molecule has 0 radical (unpaired) electrons. The third kappa shape index (κ3) is 21.4. The van der Waals surface area contributed by atoms with E-state index in [0.717, 1.165) is 92.5 Å². The van der Waals surface area contributed by atoms with Gasteiger partial charge in [0, 0.05) is 117 Å². The van der Waals surface area contributed by atoms with E-state index in [0.29, 0.717) is 22.5 Å². The van der Waals surface area contributed by atoms with Crippen LogP contribution in [0.25, 0.3) is 53.9 Å². The summed E-state index contributed by atoms with van der Waals surface area (Å²) < 4.78 is 0. The number of aromatic nitrogens is 5. The summed E-state index contributed by atoms with van der Waals surface area (Å²) in [6, 6.07) is 67.1. The summed E-state index contributed by atoms with van der Waals surface area (Å²) in [6.45, 7) is 0. The maximum Gasteiger partial charge on any atom is 0.246 e. The highest BCUT2D eigenvalue weighted by Crippen LogP contribution is 2.31. The van der Waals surface area contributed by atoms with E-state index in [1.54, 1.807) is 50.4 Å². The smallest absolute Gasteiger partial charge is 0.246 e. The van der Waals surface area contributed by atoms with Crippen LogP contribution in [0, 0.1) is 11.8 Å². The molecule has 0 saturated heterocycles. The van der Waals surface area contributed by atoms with E-state index in [9.17, 15) is 9.59 Å². The lowest BCUT2D eigenvalue weighted by atomic mass is 9.84. The fraction of sp³-hybridized carbons (Fsp3) is 0.200. The molecule has 0 unspecified atom stereocenters. The van der Waals surface area contributed by atoms with Gasteiger partial charge in [0.15, 0.2) is 0 Å². The molecule has 0 bridgehead atoms. The number of nitrogens with two attached hydrogens (primary N) is 4. The van der Waals surface area contributed by atoms with Crippen molar-refractivity contribution in [2.24, 2.45) is 34.8 Å². The molecule has 13 aromatic rings. The molecule has 5 atom stereocenters. The van der Waals surface area contributed by atoms with Crippen LogP contribution in [0.1, 0.15) is 92.6 Å². The number of nitrogens with one attached hydrogen (secondary N) is 6. The van der Waals surface area contributed by atoms with E-state index in [1.165, 1.54) is 68.6 Å². The summed E-state index contributed by atoms with van der Waals surface area (Å²) in [5.41, 5.74) is 31.9. The Bertz CT molecular complexity index is 4910. The molecular formula is C85H87N15O2S3. The maximum absolute atomic E-state index is 12.5. The average Bonchev–Trinajstić information content (AvgIpc) is 1.76. The number of fused-ring (bicyclic) bond motifs is 5. The van der Waals surface area contributed by atoms with E-state index < -0.39 is 6.04 Å². The number of rotatable bonds is 16. The second kappa shape index (κ2) is 38.1. The highest BCUT2D eigenvalue weighted by atomic mass is 32.1. The van der Waals surface area contributed by atoms with Crippen LogP contribution in [0.4, 0.5) is 28.4 Å². The predicted molar refractivity (Wildman–Crippen MR) is 444 cm³/mol. The summed E-state index contributed by atoms with van der Waals surface area (Å²) in [6.07, 6.45) is 29.3. The van der Waals surface area contributed by atoms with Gasteiger partial charge in [-0.05, 0) is 179 Å². The van der Waals surface area contributed by atoms with Gasteiger partial charge in [-0.15, -0.1) is 0 Å². The zero-order valence-corrected chi connectivity index (χ0v) is 60.9. The molecule has 2 saturated carbocycles. The van der Waals surface area contributed by atoms with Crippen molar-refractivity contribution in [3.8, 4) is 0 Å². The van der Waals surface area contributed by atoms with Crippen molar-refractivity contribution in [2.45, 2.75) is 88.0 Å². The Kier molecular flexibility index (Phi) is 27.4. The normalized spacial score (nSPS) is 14.1. The first kappa shape index (κ1) is 75.4. The first-order valence-electron chi connectivity index (χ1n) is 35.3. The van der Waals surface area contributed by atoms with Gasteiger partial charge in [-0.1, -0.05) is 190 Å². The van der Waals surface area contributed by atoms with Gasteiger partial charge in [0.2, 0.25) is 11.8 Å². The predicted octanol–water partition coefficient (Wildman–Crippen LogP) is 17.1. The van der Waals surface area contributed by atoms with Crippen molar-refractivity contribution in [1.82, 2.24) is 30.2 Å². The van der Waals surface area contributed by atoms with Crippen molar-refractivity contribution in [1.29, 1.82) is 0 Å². The minimum atomic E-state index is -0.684. The van der Waals surface area contributed by atoms with E-state index in [4.69, 9.17) is 59.6 Å². The van der Waals surface area contributed by atoms with E-state index in [1.807, 2.05) is 207 Å². The van der Waals surface area contributed by atoms with Crippen LogP contribution < -0.4 is 54.8 Å². The number of benzene rings is 8. The van der Waals surface area contributed by atoms with Crippen LogP contribution in [0.3, 0.4) is 0 Å². The molecule has 5 heterocycles. The van der Waals surface area contributed by atoms with Gasteiger partial charge in [0.1, 0.15) is 17.1 Å². The quantitative estimate of drug-likeness (QED) is 0.0403. The van der Waals surface area contributed by atoms with Gasteiger partial charge in [0.05, 0.1) is 28.1 Å². The summed E-state index contributed by atoms with van der Waals surface area (Å²) in [5.74, 6) is 0.749. The standard InChI is InChI=1S/C18H17N3O.C17H15N3O.C17H21N3S.C17H15N3S.C16H19N3S/c1-19-17(14-5-3-2-4-6-14)18(22)21-16-8-7-13-9-10-20-12-15(13)11-16;3*18-16(13-4-2-1-3-5-13)17(21)20-15-7-6-12-8-9-19-11-14(12)10-15;17-15(12-3-1-2-4-12)16(20)19-14-6-5-11-7-8-18-10-13(11)9-14/h2-12,17,19H,1H3,(H,21,22);1-11,16H,18H2,(H,20,21);6-11,13,16H,1-5,18H2,(H,20,21);1-11,16H,18H2,(H,20,21);5-10,12,15H,1-4,17H2,(H,19,20)/t17-;3*16-;15-/m11101/s1. The molecule has 2 amide bonds. The number of carbonyl (C=O) groups excluding carboxylic acids is 2. The number of hydrogen-bond donors (Lipinski definition) is 10. The van der Waals surface area contributed by atoms with Gasteiger partial charge in [-0.2, -0.15) is 0 Å². The fourth-order valence-corrected chi connectivity index (χ4v) is 13.8. The highest BCUT2D eigenvalue weighted by molar-refractivity contribution is 7.81. The van der Waals surface area contributed by atoms with Crippen molar-refractivity contribution in [2.75, 3.05) is 33.6 Å². The van der Waals surface area contributed by atoms with Crippen LogP contribution in [0.5, 0.6) is 0 Å². The van der Waals surface area contributed by atoms with Crippen molar-refractivity contribution in [3.63, 3.8) is 0 Å². The minimum Gasteiger partial charge on any atom is -0.349 e. The lowest BCUT2D eigenvalue weighted by Gasteiger charge is -2.28. The summed E-state index contributed by atoms with van der Waals surface area (Å²) in [5, 5.41) is 29.6. The largest absolute Gasteiger partial charge is 0.349 e. The molecule has 8 aromatic carbocycles. The molecule has 2 aliphatic carbocycles. The van der Waals surface area contributed by atoms with E-state index in [-0.39, 0.29) is 36.0 Å². The van der Waals surface area contributed by atoms with Gasteiger partial charge >= 0.3 is 0 Å². The number of nitrogens with zero attached hydrogens (tertiary/aromatic N) is 5. The van der Waals surface area contributed by atoms with E-state index >= 15 is 0 Å². The van der Waals surface area contributed by atoms with Gasteiger partial charge < -0.3 is 54.8 Å². The Morgan fingerprint density at radius 2 is 0.619 bits per heavy atom. The van der Waals surface area contributed by atoms with Crippen molar-refractivity contribution in [3.05, 3.63) is 291 Å². The van der Waals surface area contributed by atoms with Crippen LogP contribution >= 0.6 is 36.7 Å². The maximum atomic E-state index is 12.5. The first-order valence-corrected chi connectivity index (χ1v) is 36.5. The topological polar surface area (TPSA) is 275 Å². The Hall–Kier alpha value is -10.8. The lowest BCUT2D eigenvalue weighted by Crippen LogP contribution is -2.41. The van der Waals surface area contributed by atoms with Gasteiger partial charge in [-0.25, -0.2) is 0 Å². The van der Waals surface area contributed by atoms with Gasteiger partial charge in [-0.3, -0.25) is 34.5 Å². The molecule has 532 valence electrons. The third-order valence-corrected chi connectivity index (χ3v) is 19.9. The number of amides is 2. The molecule has 2 aliphatic rings. The molecule has 105 heavy (non-hydrogen) atoms. The summed E-state index contributed by atoms with van der Waals surface area (Å²) in [4.78, 5) is 47.4. The fourth-order valence-electron chi connectivity index (χ4n) is 12.9. The third-order valence-electron chi connectivity index (χ3n) is 18.8. The average molecular weight is 1450 g/mol. The Labute approximate surface area is 628 Å². The molecule has 20 heteroatoms. The van der Waals surface area contributed by atoms with E-state index in [2.05, 4.69) is 81.1 Å². The number of anilines is 5. The second-order valence-electron chi connectivity index (χ2n) is 26.0. The minimum absolute atomic E-state index is 0.0305. The highest BCUT2D eigenvalue weighted by Gasteiger charge is 2.26. The molecule has 0 aliphatic heterocycles. The molecule has 0 spiro atoms. The number of hydrogen-bond acceptors (Lipinski definition) is 15. The Morgan fingerprint density at radius 3 is 0.952 bits per heavy atom. The Morgan fingerprint density at radius 1 is 0.333 bits per heavy atom. The van der Waals surface area contributed by atoms with Crippen molar-refractivity contribution < 1.29 is 9.59 Å². The first-order chi connectivity index (χ1) is 51.2. The molecular weight excluding hydrogens is 1360 g/mol. The molecule has 2 fully saturated rings. The van der Waals surface area contributed by atoms with Crippen LogP contribution in [0.15, 0.2) is 274 Å². The number of thiocarbonyl (C=S) groups is 3. The van der Waals surface area contributed by atoms with Crippen LogP contribution in [0.2, 0.25) is 0 Å². The zero-order valence-electron chi connectivity index (χ0n) is 58.5. The summed E-state index contributed by atoms with van der Waals surface area (Å²) >= 11 is 16.4. The summed E-state index contributed by atoms with van der Waals surface area (Å²) in [7, 11) is 1.78.